The maximum Gasteiger partial charge on any atom is 0.340 e. The molecule has 1 aromatic carbocycles. The van der Waals surface area contributed by atoms with Crippen LogP contribution in [-0.2, 0) is 9.53 Å². The van der Waals surface area contributed by atoms with Crippen molar-refractivity contribution in [2.45, 2.75) is 6.92 Å². The minimum absolute atomic E-state index is 0.0319. The van der Waals surface area contributed by atoms with Gasteiger partial charge in [0.25, 0.3) is 0 Å². The minimum atomic E-state index is -0.769. The van der Waals surface area contributed by atoms with Gasteiger partial charge in [0.05, 0.1) is 24.0 Å². The van der Waals surface area contributed by atoms with E-state index in [4.69, 9.17) is 5.73 Å². The van der Waals surface area contributed by atoms with Crippen LogP contribution in [-0.4, -0.2) is 19.0 Å². The quantitative estimate of drug-likeness (QED) is 0.585. The highest BCUT2D eigenvalue weighted by Gasteiger charge is 2.17. The summed E-state index contributed by atoms with van der Waals surface area (Å²) in [6.07, 6.45) is 0. The van der Waals surface area contributed by atoms with Crippen molar-refractivity contribution in [3.8, 4) is 0 Å². The highest BCUT2D eigenvalue weighted by molar-refractivity contribution is 6.04. The number of nitrogen functional groups attached to an aromatic ring is 1. The molecule has 0 saturated heterocycles. The Kier molecular flexibility index (Phi) is 3.44. The molecule has 0 heterocycles. The lowest BCUT2D eigenvalue weighted by Crippen LogP contribution is -2.14. The number of anilines is 2. The van der Waals surface area contributed by atoms with Gasteiger partial charge in [0.15, 0.2) is 0 Å². The van der Waals surface area contributed by atoms with Gasteiger partial charge >= 0.3 is 5.97 Å². The van der Waals surface area contributed by atoms with Crippen LogP contribution in [0.25, 0.3) is 0 Å². The van der Waals surface area contributed by atoms with Crippen LogP contribution in [0.5, 0.6) is 0 Å². The normalized spacial score (nSPS) is 9.69. The van der Waals surface area contributed by atoms with Gasteiger partial charge in [-0.25, -0.2) is 9.18 Å². The first-order chi connectivity index (χ1) is 7.45. The second-order valence-electron chi connectivity index (χ2n) is 3.09. The summed E-state index contributed by atoms with van der Waals surface area (Å²) in [6, 6.07) is 1.96. The van der Waals surface area contributed by atoms with Crippen molar-refractivity contribution in [2.75, 3.05) is 18.2 Å². The van der Waals surface area contributed by atoms with Gasteiger partial charge in [-0.3, -0.25) is 4.79 Å². The largest absolute Gasteiger partial charge is 0.465 e. The van der Waals surface area contributed by atoms with Crippen LogP contribution in [0.15, 0.2) is 12.1 Å². The fourth-order valence-electron chi connectivity index (χ4n) is 1.21. The second kappa shape index (κ2) is 4.61. The number of methoxy groups -OCH3 is 1. The summed E-state index contributed by atoms with van der Waals surface area (Å²) in [5.74, 6) is -1.86. The van der Waals surface area contributed by atoms with Crippen LogP contribution in [0, 0.1) is 5.82 Å². The molecule has 0 radical (unpaired) electrons. The summed E-state index contributed by atoms with van der Waals surface area (Å²) in [4.78, 5) is 22.2. The molecule has 3 N–H and O–H groups in total. The molecule has 0 spiro atoms. The highest BCUT2D eigenvalue weighted by atomic mass is 19.1. The zero-order chi connectivity index (χ0) is 12.3. The van der Waals surface area contributed by atoms with E-state index in [1.807, 2.05) is 0 Å². The lowest BCUT2D eigenvalue weighted by molar-refractivity contribution is -0.114. The van der Waals surface area contributed by atoms with E-state index in [1.54, 1.807) is 0 Å². The van der Waals surface area contributed by atoms with Crippen molar-refractivity contribution >= 4 is 23.3 Å². The predicted octanol–water partition coefficient (Wildman–Crippen LogP) is 1.15. The number of nitrogens with one attached hydrogen (secondary N) is 1. The van der Waals surface area contributed by atoms with E-state index in [1.165, 1.54) is 6.92 Å². The number of amides is 1. The van der Waals surface area contributed by atoms with Gasteiger partial charge in [0.2, 0.25) is 5.91 Å². The first kappa shape index (κ1) is 12.0. The number of hydrogen-bond donors (Lipinski definition) is 2. The fourth-order valence-corrected chi connectivity index (χ4v) is 1.21. The zero-order valence-corrected chi connectivity index (χ0v) is 8.83. The molecule has 0 aromatic heterocycles. The summed E-state index contributed by atoms with van der Waals surface area (Å²) < 4.78 is 17.5. The van der Waals surface area contributed by atoms with Crippen molar-refractivity contribution in [1.82, 2.24) is 0 Å². The fraction of sp³-hybridized carbons (Fsp3) is 0.200. The molecule has 1 aromatic rings. The summed E-state index contributed by atoms with van der Waals surface area (Å²) in [6.45, 7) is 1.25. The standard InChI is InChI=1S/C10H11FN2O3/c1-5(14)13-9-7(10(15)16-2)3-6(11)4-8(9)12/h3-4H,12H2,1-2H3,(H,13,14). The number of carbonyl (C=O) groups excluding carboxylic acids is 2. The second-order valence-corrected chi connectivity index (χ2v) is 3.09. The SMILES string of the molecule is COC(=O)c1cc(F)cc(N)c1NC(C)=O. The van der Waals surface area contributed by atoms with Crippen LogP contribution in [0.2, 0.25) is 0 Å². The van der Waals surface area contributed by atoms with E-state index >= 15 is 0 Å². The Balaban J connectivity index is 3.31. The summed E-state index contributed by atoms with van der Waals surface area (Å²) in [7, 11) is 1.15. The smallest absolute Gasteiger partial charge is 0.340 e. The van der Waals surface area contributed by atoms with E-state index < -0.39 is 17.7 Å². The Hall–Kier alpha value is -2.11. The monoisotopic (exact) mass is 226 g/mol. The molecule has 0 fully saturated rings. The predicted molar refractivity (Wildman–Crippen MR) is 56.5 cm³/mol. The molecule has 1 rings (SSSR count). The van der Waals surface area contributed by atoms with Gasteiger partial charge in [-0.1, -0.05) is 0 Å². The lowest BCUT2D eigenvalue weighted by Gasteiger charge is -2.11. The molecule has 16 heavy (non-hydrogen) atoms. The lowest BCUT2D eigenvalue weighted by atomic mass is 10.1. The third kappa shape index (κ3) is 2.47. The molecule has 6 heteroatoms. The molecule has 86 valence electrons. The molecule has 0 bridgehead atoms. The average molecular weight is 226 g/mol. The number of halogens is 1. The van der Waals surface area contributed by atoms with Crippen molar-refractivity contribution < 1.29 is 18.7 Å². The molecule has 0 unspecified atom stereocenters. The summed E-state index contributed by atoms with van der Waals surface area (Å²) in [5, 5.41) is 2.35. The number of rotatable bonds is 2. The Bertz CT molecular complexity index is 446. The van der Waals surface area contributed by atoms with Crippen LogP contribution in [0.3, 0.4) is 0 Å². The van der Waals surface area contributed by atoms with Crippen molar-refractivity contribution in [3.05, 3.63) is 23.5 Å². The van der Waals surface area contributed by atoms with Crippen LogP contribution in [0.4, 0.5) is 15.8 Å². The van der Waals surface area contributed by atoms with Gasteiger partial charge < -0.3 is 15.8 Å². The molecule has 0 aliphatic heterocycles. The summed E-state index contributed by atoms with van der Waals surface area (Å²) >= 11 is 0. The first-order valence-electron chi connectivity index (χ1n) is 4.40. The highest BCUT2D eigenvalue weighted by Crippen LogP contribution is 2.25. The van der Waals surface area contributed by atoms with E-state index in [9.17, 15) is 14.0 Å². The van der Waals surface area contributed by atoms with Gasteiger partial charge in [0, 0.05) is 6.92 Å². The third-order valence-electron chi connectivity index (χ3n) is 1.84. The Labute approximate surface area is 91.4 Å². The van der Waals surface area contributed by atoms with Crippen molar-refractivity contribution in [3.63, 3.8) is 0 Å². The van der Waals surface area contributed by atoms with Gasteiger partial charge in [-0.15, -0.1) is 0 Å². The van der Waals surface area contributed by atoms with Crippen LogP contribution >= 0.6 is 0 Å². The van der Waals surface area contributed by atoms with E-state index in [2.05, 4.69) is 10.1 Å². The topological polar surface area (TPSA) is 81.4 Å². The van der Waals surface area contributed by atoms with Gasteiger partial charge in [-0.2, -0.15) is 0 Å². The molecule has 0 saturated carbocycles. The molecule has 1 amide bonds. The number of nitrogens with two attached hydrogens (primary N) is 1. The van der Waals surface area contributed by atoms with Gasteiger partial charge in [0.1, 0.15) is 5.82 Å². The maximum absolute atomic E-state index is 13.0. The first-order valence-corrected chi connectivity index (χ1v) is 4.40. The van der Waals surface area contributed by atoms with Crippen molar-refractivity contribution in [2.24, 2.45) is 0 Å². The molecule has 0 atom stereocenters. The molecular formula is C10H11FN2O3. The average Bonchev–Trinajstić information content (AvgIpc) is 2.20. The number of esters is 1. The third-order valence-corrected chi connectivity index (χ3v) is 1.84. The summed E-state index contributed by atoms with van der Waals surface area (Å²) in [5.41, 5.74) is 5.41. The number of carbonyl (C=O) groups is 2. The van der Waals surface area contributed by atoms with Crippen molar-refractivity contribution in [1.29, 1.82) is 0 Å². The Morgan fingerprint density at radius 3 is 2.56 bits per heavy atom. The maximum atomic E-state index is 13.0. The Morgan fingerprint density at radius 1 is 1.44 bits per heavy atom. The zero-order valence-electron chi connectivity index (χ0n) is 8.83. The number of hydrogen-bond acceptors (Lipinski definition) is 4. The minimum Gasteiger partial charge on any atom is -0.465 e. The van der Waals surface area contributed by atoms with Crippen LogP contribution < -0.4 is 11.1 Å². The van der Waals surface area contributed by atoms with Crippen LogP contribution in [0.1, 0.15) is 17.3 Å². The Morgan fingerprint density at radius 2 is 2.06 bits per heavy atom. The number of ether oxygens (including phenoxy) is 1. The number of benzene rings is 1. The molecular weight excluding hydrogens is 215 g/mol. The molecule has 0 aliphatic rings. The molecule has 0 aliphatic carbocycles. The van der Waals surface area contributed by atoms with E-state index in [0.29, 0.717) is 0 Å². The molecule has 5 nitrogen and oxygen atoms in total. The van der Waals surface area contributed by atoms with E-state index in [0.717, 1.165) is 19.2 Å². The van der Waals surface area contributed by atoms with E-state index in [-0.39, 0.29) is 16.9 Å². The van der Waals surface area contributed by atoms with Gasteiger partial charge in [-0.05, 0) is 12.1 Å².